The maximum atomic E-state index is 12.5. The quantitative estimate of drug-likeness (QED) is 0.768. The van der Waals surface area contributed by atoms with Gasteiger partial charge in [0.15, 0.2) is 11.2 Å². The van der Waals surface area contributed by atoms with Crippen molar-refractivity contribution in [3.05, 3.63) is 81.7 Å². The molecule has 0 fully saturated rings. The van der Waals surface area contributed by atoms with Gasteiger partial charge in [-0.05, 0) is 38.7 Å². The third kappa shape index (κ3) is 3.83. The van der Waals surface area contributed by atoms with E-state index < -0.39 is 5.91 Å². The number of hydrogen-bond donors (Lipinski definition) is 1. The average molecular weight is 350 g/mol. The predicted molar refractivity (Wildman–Crippen MR) is 102 cm³/mol. The minimum Gasteiger partial charge on any atom is -0.451 e. The van der Waals surface area contributed by atoms with Crippen LogP contribution in [0.3, 0.4) is 0 Å². The second-order valence-corrected chi connectivity index (χ2v) is 6.57. The summed E-state index contributed by atoms with van der Waals surface area (Å²) in [6, 6.07) is 16.6. The fourth-order valence-corrected chi connectivity index (χ4v) is 2.93. The van der Waals surface area contributed by atoms with Gasteiger partial charge in [0.1, 0.15) is 5.58 Å². The molecule has 1 atom stereocenters. The van der Waals surface area contributed by atoms with Crippen molar-refractivity contribution in [3.63, 3.8) is 0 Å². The van der Waals surface area contributed by atoms with E-state index in [1.54, 1.807) is 12.1 Å². The molecule has 1 unspecified atom stereocenters. The SMILES string of the molecule is Cc1ccc2oc(C(=O)NCC(c3ccccc3)N(C)C)cc(=O)c2c1. The van der Waals surface area contributed by atoms with E-state index in [0.29, 0.717) is 17.5 Å². The van der Waals surface area contributed by atoms with Crippen LogP contribution >= 0.6 is 0 Å². The maximum absolute atomic E-state index is 12.5. The Morgan fingerprint density at radius 3 is 2.54 bits per heavy atom. The smallest absolute Gasteiger partial charge is 0.287 e. The van der Waals surface area contributed by atoms with Gasteiger partial charge in [-0.3, -0.25) is 9.59 Å². The van der Waals surface area contributed by atoms with E-state index >= 15 is 0 Å². The number of hydrogen-bond acceptors (Lipinski definition) is 4. The van der Waals surface area contributed by atoms with Crippen LogP contribution in [0.4, 0.5) is 0 Å². The molecule has 1 heterocycles. The van der Waals surface area contributed by atoms with Crippen LogP contribution in [0.25, 0.3) is 11.0 Å². The fraction of sp³-hybridized carbons (Fsp3) is 0.238. The first-order valence-electron chi connectivity index (χ1n) is 8.50. The lowest BCUT2D eigenvalue weighted by atomic mass is 10.1. The number of nitrogens with one attached hydrogen (secondary N) is 1. The fourth-order valence-electron chi connectivity index (χ4n) is 2.93. The molecule has 1 aromatic heterocycles. The van der Waals surface area contributed by atoms with E-state index in [1.807, 2.05) is 62.3 Å². The molecule has 0 saturated carbocycles. The number of amides is 1. The first kappa shape index (κ1) is 17.9. The van der Waals surface area contributed by atoms with E-state index in [-0.39, 0.29) is 17.2 Å². The summed E-state index contributed by atoms with van der Waals surface area (Å²) in [5.41, 5.74) is 2.28. The lowest BCUT2D eigenvalue weighted by Crippen LogP contribution is -2.34. The number of rotatable bonds is 5. The lowest BCUT2D eigenvalue weighted by Gasteiger charge is -2.25. The van der Waals surface area contributed by atoms with Crippen molar-refractivity contribution < 1.29 is 9.21 Å². The summed E-state index contributed by atoms with van der Waals surface area (Å²) >= 11 is 0. The molecule has 5 heteroatoms. The van der Waals surface area contributed by atoms with Crippen molar-refractivity contribution >= 4 is 16.9 Å². The zero-order valence-electron chi connectivity index (χ0n) is 15.2. The molecule has 3 aromatic rings. The van der Waals surface area contributed by atoms with Crippen LogP contribution in [0.5, 0.6) is 0 Å². The third-order valence-corrected chi connectivity index (χ3v) is 4.37. The van der Waals surface area contributed by atoms with Gasteiger partial charge in [0.25, 0.3) is 5.91 Å². The standard InChI is InChI=1S/C21H22N2O3/c1-14-9-10-19-16(11-14)18(24)12-20(26-19)21(25)22-13-17(23(2)3)15-7-5-4-6-8-15/h4-12,17H,13H2,1-3H3,(H,22,25). The Bertz CT molecular complexity index is 977. The molecular formula is C21H22N2O3. The van der Waals surface area contributed by atoms with Crippen molar-refractivity contribution in [3.8, 4) is 0 Å². The summed E-state index contributed by atoms with van der Waals surface area (Å²) < 4.78 is 5.63. The van der Waals surface area contributed by atoms with E-state index in [2.05, 4.69) is 5.32 Å². The van der Waals surface area contributed by atoms with Crippen LogP contribution in [-0.4, -0.2) is 31.4 Å². The van der Waals surface area contributed by atoms with Crippen molar-refractivity contribution in [1.82, 2.24) is 10.2 Å². The highest BCUT2D eigenvalue weighted by molar-refractivity contribution is 5.93. The average Bonchev–Trinajstić information content (AvgIpc) is 2.62. The summed E-state index contributed by atoms with van der Waals surface area (Å²) in [5, 5.41) is 3.35. The van der Waals surface area contributed by atoms with Crippen LogP contribution in [0.1, 0.15) is 27.7 Å². The molecule has 134 valence electrons. The summed E-state index contributed by atoms with van der Waals surface area (Å²) in [5.74, 6) is -0.371. The van der Waals surface area contributed by atoms with Crippen LogP contribution in [-0.2, 0) is 0 Å². The third-order valence-electron chi connectivity index (χ3n) is 4.37. The largest absolute Gasteiger partial charge is 0.451 e. The summed E-state index contributed by atoms with van der Waals surface area (Å²) in [6.45, 7) is 2.32. The second kappa shape index (κ2) is 7.54. The maximum Gasteiger partial charge on any atom is 0.287 e. The van der Waals surface area contributed by atoms with Crippen molar-refractivity contribution in [2.75, 3.05) is 20.6 Å². The number of aryl methyl sites for hydroxylation is 1. The number of benzene rings is 2. The van der Waals surface area contributed by atoms with E-state index in [0.717, 1.165) is 11.1 Å². The molecule has 2 aromatic carbocycles. The first-order chi connectivity index (χ1) is 12.5. The molecule has 5 nitrogen and oxygen atoms in total. The van der Waals surface area contributed by atoms with Crippen molar-refractivity contribution in [2.24, 2.45) is 0 Å². The minimum absolute atomic E-state index is 0.0231. The molecule has 0 aliphatic heterocycles. The Morgan fingerprint density at radius 1 is 1.12 bits per heavy atom. The molecule has 26 heavy (non-hydrogen) atoms. The molecule has 0 saturated heterocycles. The van der Waals surface area contributed by atoms with Crippen LogP contribution in [0, 0.1) is 6.92 Å². The zero-order chi connectivity index (χ0) is 18.7. The Labute approximate surface area is 152 Å². The number of carbonyl (C=O) groups excluding carboxylic acids is 1. The normalized spacial score (nSPS) is 12.3. The van der Waals surface area contributed by atoms with E-state index in [9.17, 15) is 9.59 Å². The summed E-state index contributed by atoms with van der Waals surface area (Å²) in [6.07, 6.45) is 0. The van der Waals surface area contributed by atoms with Gasteiger partial charge in [-0.15, -0.1) is 0 Å². The van der Waals surface area contributed by atoms with Crippen LogP contribution < -0.4 is 10.7 Å². The Balaban J connectivity index is 1.80. The number of carbonyl (C=O) groups is 1. The monoisotopic (exact) mass is 350 g/mol. The summed E-state index contributed by atoms with van der Waals surface area (Å²) in [7, 11) is 3.92. The lowest BCUT2D eigenvalue weighted by molar-refractivity contribution is 0.0914. The Kier molecular flexibility index (Phi) is 5.19. The predicted octanol–water partition coefficient (Wildman–Crippen LogP) is 3.13. The van der Waals surface area contributed by atoms with Gasteiger partial charge in [-0.1, -0.05) is 42.0 Å². The Morgan fingerprint density at radius 2 is 1.85 bits per heavy atom. The highest BCUT2D eigenvalue weighted by Gasteiger charge is 2.17. The minimum atomic E-state index is -0.396. The van der Waals surface area contributed by atoms with Crippen LogP contribution in [0.15, 0.2) is 63.8 Å². The first-order valence-corrected chi connectivity index (χ1v) is 8.50. The van der Waals surface area contributed by atoms with Crippen molar-refractivity contribution in [2.45, 2.75) is 13.0 Å². The second-order valence-electron chi connectivity index (χ2n) is 6.57. The van der Waals surface area contributed by atoms with E-state index in [1.165, 1.54) is 6.07 Å². The number of nitrogens with zero attached hydrogens (tertiary/aromatic N) is 1. The molecule has 1 N–H and O–H groups in total. The van der Waals surface area contributed by atoms with Gasteiger partial charge < -0.3 is 14.6 Å². The molecule has 0 aliphatic carbocycles. The van der Waals surface area contributed by atoms with Gasteiger partial charge in [-0.25, -0.2) is 0 Å². The highest BCUT2D eigenvalue weighted by Crippen LogP contribution is 2.17. The molecule has 1 amide bonds. The van der Waals surface area contributed by atoms with E-state index in [4.69, 9.17) is 4.42 Å². The molecule has 0 bridgehead atoms. The van der Waals surface area contributed by atoms with Gasteiger partial charge in [0.05, 0.1) is 11.4 Å². The van der Waals surface area contributed by atoms with Gasteiger partial charge in [0.2, 0.25) is 0 Å². The molecule has 0 aliphatic rings. The number of fused-ring (bicyclic) bond motifs is 1. The van der Waals surface area contributed by atoms with Gasteiger partial charge >= 0.3 is 0 Å². The Hall–Kier alpha value is -2.92. The molecule has 0 radical (unpaired) electrons. The van der Waals surface area contributed by atoms with Gasteiger partial charge in [-0.2, -0.15) is 0 Å². The van der Waals surface area contributed by atoms with Gasteiger partial charge in [0, 0.05) is 12.6 Å². The zero-order valence-corrected chi connectivity index (χ0v) is 15.2. The van der Waals surface area contributed by atoms with Crippen molar-refractivity contribution in [1.29, 1.82) is 0 Å². The topological polar surface area (TPSA) is 62.6 Å². The molecule has 0 spiro atoms. The van der Waals surface area contributed by atoms with Crippen LogP contribution in [0.2, 0.25) is 0 Å². The molecular weight excluding hydrogens is 328 g/mol. The summed E-state index contributed by atoms with van der Waals surface area (Å²) in [4.78, 5) is 26.8. The number of likely N-dealkylation sites (N-methyl/N-ethyl adjacent to an activating group) is 1. The molecule has 3 rings (SSSR count). The highest BCUT2D eigenvalue weighted by atomic mass is 16.3.